The predicted molar refractivity (Wildman–Crippen MR) is 81.6 cm³/mol. The molecule has 0 bridgehead atoms. The monoisotopic (exact) mass is 316 g/mol. The minimum atomic E-state index is -1.02. The van der Waals surface area contributed by atoms with Gasteiger partial charge in [-0.15, -0.1) is 0 Å². The fraction of sp³-hybridized carbons (Fsp3) is 0.312. The fourth-order valence-corrected chi connectivity index (χ4v) is 2.70. The van der Waals surface area contributed by atoms with Crippen molar-refractivity contribution in [3.8, 4) is 5.88 Å². The summed E-state index contributed by atoms with van der Waals surface area (Å²) in [5.74, 6) is -1.02. The van der Waals surface area contributed by atoms with E-state index in [9.17, 15) is 19.5 Å². The number of hydrogen-bond donors (Lipinski definition) is 2. The first-order valence-electron chi connectivity index (χ1n) is 7.40. The normalized spacial score (nSPS) is 16.2. The standard InChI is InChI=1S/C16H16N2O5/c1-2-3-8-18-14(20)11(13(19)17-16(18)22)12-9-6-4-5-7-10(9)15(21)23-12/h4-7,12,20H,2-3,8H2,1H3,(H,17,19,22)/t12-/m0/s1. The van der Waals surface area contributed by atoms with Crippen LogP contribution in [0, 0.1) is 0 Å². The van der Waals surface area contributed by atoms with E-state index in [2.05, 4.69) is 4.98 Å². The van der Waals surface area contributed by atoms with Gasteiger partial charge in [0.1, 0.15) is 5.56 Å². The summed E-state index contributed by atoms with van der Waals surface area (Å²) in [4.78, 5) is 38.1. The van der Waals surface area contributed by atoms with Crippen LogP contribution >= 0.6 is 0 Å². The van der Waals surface area contributed by atoms with Crippen LogP contribution in [0.3, 0.4) is 0 Å². The zero-order chi connectivity index (χ0) is 16.6. The van der Waals surface area contributed by atoms with Crippen LogP contribution in [0.2, 0.25) is 0 Å². The molecule has 0 fully saturated rings. The Hall–Kier alpha value is -2.83. The number of cyclic esters (lactones) is 1. The molecule has 1 atom stereocenters. The van der Waals surface area contributed by atoms with Crippen molar-refractivity contribution in [1.29, 1.82) is 0 Å². The molecule has 1 aliphatic heterocycles. The lowest BCUT2D eigenvalue weighted by atomic mass is 10.0. The molecule has 23 heavy (non-hydrogen) atoms. The number of unbranched alkanes of at least 4 members (excludes halogenated alkanes) is 1. The number of H-pyrrole nitrogens is 1. The van der Waals surface area contributed by atoms with Crippen molar-refractivity contribution in [2.75, 3.05) is 0 Å². The summed E-state index contributed by atoms with van der Waals surface area (Å²) in [6, 6.07) is 6.65. The van der Waals surface area contributed by atoms with Crippen LogP contribution in [0.15, 0.2) is 33.9 Å². The van der Waals surface area contributed by atoms with Crippen LogP contribution in [0.1, 0.15) is 47.4 Å². The summed E-state index contributed by atoms with van der Waals surface area (Å²) < 4.78 is 6.34. The number of benzene rings is 1. The number of rotatable bonds is 4. The molecule has 0 saturated heterocycles. The molecule has 2 heterocycles. The van der Waals surface area contributed by atoms with E-state index in [-0.39, 0.29) is 12.1 Å². The maximum Gasteiger partial charge on any atom is 0.339 e. The Bertz CT molecular complexity index is 881. The molecule has 120 valence electrons. The topological polar surface area (TPSA) is 101 Å². The molecule has 0 radical (unpaired) electrons. The maximum atomic E-state index is 12.2. The number of ether oxygens (including phenoxy) is 1. The summed E-state index contributed by atoms with van der Waals surface area (Å²) in [6.07, 6.45) is 0.470. The highest BCUT2D eigenvalue weighted by molar-refractivity contribution is 5.94. The van der Waals surface area contributed by atoms with Gasteiger partial charge in [0.05, 0.1) is 5.56 Å². The first kappa shape index (κ1) is 15.1. The molecule has 0 spiro atoms. The Morgan fingerprint density at radius 1 is 1.26 bits per heavy atom. The summed E-state index contributed by atoms with van der Waals surface area (Å²) in [7, 11) is 0. The molecule has 0 unspecified atom stereocenters. The molecule has 7 nitrogen and oxygen atoms in total. The molecular formula is C16H16N2O5. The third-order valence-electron chi connectivity index (χ3n) is 3.89. The Morgan fingerprint density at radius 2 is 2.00 bits per heavy atom. The number of carbonyl (C=O) groups is 1. The van der Waals surface area contributed by atoms with Gasteiger partial charge in [-0.2, -0.15) is 0 Å². The number of aromatic amines is 1. The molecule has 7 heteroatoms. The van der Waals surface area contributed by atoms with Crippen molar-refractivity contribution >= 4 is 5.97 Å². The SMILES string of the molecule is CCCCn1c(O)c([C@H]2OC(=O)c3ccccc32)c(=O)[nH]c1=O. The zero-order valence-corrected chi connectivity index (χ0v) is 12.5. The lowest BCUT2D eigenvalue weighted by Crippen LogP contribution is -2.33. The molecule has 0 amide bonds. The number of fused-ring (bicyclic) bond motifs is 1. The highest BCUT2D eigenvalue weighted by Gasteiger charge is 2.36. The largest absolute Gasteiger partial charge is 0.494 e. The third kappa shape index (κ3) is 2.44. The van der Waals surface area contributed by atoms with Gasteiger partial charge in [-0.05, 0) is 12.5 Å². The van der Waals surface area contributed by atoms with Gasteiger partial charge in [-0.1, -0.05) is 31.5 Å². The van der Waals surface area contributed by atoms with E-state index >= 15 is 0 Å². The second kappa shape index (κ2) is 5.75. The third-order valence-corrected chi connectivity index (χ3v) is 3.89. The molecule has 3 rings (SSSR count). The van der Waals surface area contributed by atoms with Gasteiger partial charge in [0.2, 0.25) is 5.88 Å². The lowest BCUT2D eigenvalue weighted by molar-refractivity contribution is 0.0448. The van der Waals surface area contributed by atoms with E-state index in [1.807, 2.05) is 6.92 Å². The summed E-state index contributed by atoms with van der Waals surface area (Å²) in [5.41, 5.74) is -0.710. The van der Waals surface area contributed by atoms with Crippen molar-refractivity contribution in [2.24, 2.45) is 0 Å². The Kier molecular flexibility index (Phi) is 3.77. The van der Waals surface area contributed by atoms with E-state index in [4.69, 9.17) is 4.74 Å². The van der Waals surface area contributed by atoms with Gasteiger partial charge < -0.3 is 9.84 Å². The number of carbonyl (C=O) groups excluding carboxylic acids is 1. The van der Waals surface area contributed by atoms with Crippen molar-refractivity contribution in [3.63, 3.8) is 0 Å². The van der Waals surface area contributed by atoms with E-state index in [1.54, 1.807) is 24.3 Å². The molecule has 2 N–H and O–H groups in total. The molecule has 1 aromatic heterocycles. The zero-order valence-electron chi connectivity index (χ0n) is 12.5. The van der Waals surface area contributed by atoms with Gasteiger partial charge in [-0.3, -0.25) is 14.3 Å². The van der Waals surface area contributed by atoms with Gasteiger partial charge in [0.25, 0.3) is 5.56 Å². The van der Waals surface area contributed by atoms with Gasteiger partial charge in [0, 0.05) is 12.1 Å². The minimum Gasteiger partial charge on any atom is -0.494 e. The van der Waals surface area contributed by atoms with Gasteiger partial charge in [-0.25, -0.2) is 9.59 Å². The Labute approximate surface area is 131 Å². The highest BCUT2D eigenvalue weighted by atomic mass is 16.5. The first-order valence-corrected chi connectivity index (χ1v) is 7.40. The number of hydrogen-bond acceptors (Lipinski definition) is 5. The number of nitrogens with one attached hydrogen (secondary N) is 1. The number of aromatic hydroxyl groups is 1. The smallest absolute Gasteiger partial charge is 0.339 e. The van der Waals surface area contributed by atoms with Crippen molar-refractivity contribution in [2.45, 2.75) is 32.4 Å². The molecule has 2 aromatic rings. The predicted octanol–water partition coefficient (Wildman–Crippen LogP) is 1.30. The number of esters is 1. The molecule has 0 saturated carbocycles. The van der Waals surface area contributed by atoms with Crippen LogP contribution in [0.25, 0.3) is 0 Å². The van der Waals surface area contributed by atoms with Gasteiger partial charge >= 0.3 is 11.7 Å². The second-order valence-corrected chi connectivity index (χ2v) is 5.37. The first-order chi connectivity index (χ1) is 11.0. The minimum absolute atomic E-state index is 0.126. The van der Waals surface area contributed by atoms with Crippen molar-refractivity contribution in [3.05, 3.63) is 61.8 Å². The van der Waals surface area contributed by atoms with Crippen LogP contribution in [-0.2, 0) is 11.3 Å². The van der Waals surface area contributed by atoms with Crippen LogP contribution < -0.4 is 11.2 Å². The number of nitrogens with zero attached hydrogens (tertiary/aromatic N) is 1. The Balaban J connectivity index is 2.16. The summed E-state index contributed by atoms with van der Waals surface area (Å²) in [6.45, 7) is 2.22. The summed E-state index contributed by atoms with van der Waals surface area (Å²) in [5, 5.41) is 10.4. The number of aromatic nitrogens is 2. The van der Waals surface area contributed by atoms with Gasteiger partial charge in [0.15, 0.2) is 6.10 Å². The summed E-state index contributed by atoms with van der Waals surface area (Å²) >= 11 is 0. The van der Waals surface area contributed by atoms with Crippen molar-refractivity contribution in [1.82, 2.24) is 9.55 Å². The van der Waals surface area contributed by atoms with E-state index in [0.29, 0.717) is 17.5 Å². The van der Waals surface area contributed by atoms with E-state index < -0.39 is 29.2 Å². The quantitative estimate of drug-likeness (QED) is 0.828. The average Bonchev–Trinajstić information content (AvgIpc) is 2.84. The Morgan fingerprint density at radius 3 is 2.74 bits per heavy atom. The lowest BCUT2D eigenvalue weighted by Gasteiger charge is -2.15. The molecular weight excluding hydrogens is 300 g/mol. The van der Waals surface area contributed by atoms with Crippen LogP contribution in [-0.4, -0.2) is 20.6 Å². The van der Waals surface area contributed by atoms with Crippen LogP contribution in [0.5, 0.6) is 5.88 Å². The van der Waals surface area contributed by atoms with Crippen molar-refractivity contribution < 1.29 is 14.6 Å². The van der Waals surface area contributed by atoms with E-state index in [1.165, 1.54) is 0 Å². The van der Waals surface area contributed by atoms with Crippen LogP contribution in [0.4, 0.5) is 0 Å². The molecule has 0 aliphatic carbocycles. The molecule has 1 aliphatic rings. The molecule has 1 aromatic carbocycles. The average molecular weight is 316 g/mol. The highest BCUT2D eigenvalue weighted by Crippen LogP contribution is 2.36. The fourth-order valence-electron chi connectivity index (χ4n) is 2.70. The van der Waals surface area contributed by atoms with E-state index in [0.717, 1.165) is 11.0 Å². The maximum absolute atomic E-state index is 12.2. The second-order valence-electron chi connectivity index (χ2n) is 5.37.